The average Bonchev–Trinajstić information content (AvgIpc) is 3.37. The van der Waals surface area contributed by atoms with Crippen LogP contribution in [-0.4, -0.2) is 95.2 Å². The van der Waals surface area contributed by atoms with Gasteiger partial charge in [-0.2, -0.15) is 8.42 Å². The van der Waals surface area contributed by atoms with Crippen LogP contribution in [-0.2, 0) is 35.4 Å². The lowest BCUT2D eigenvalue weighted by molar-refractivity contribution is -0.146. The maximum atomic E-state index is 14.4. The molecule has 9 N–H and O–H groups in total. The van der Waals surface area contributed by atoms with Crippen LogP contribution in [0.1, 0.15) is 64.4 Å². The summed E-state index contributed by atoms with van der Waals surface area (Å²) in [4.78, 5) is 46.5. The number of unbranched alkanes of at least 4 members (excludes halogenated alkanes) is 1. The Morgan fingerprint density at radius 2 is 1.91 bits per heavy atom. The van der Waals surface area contributed by atoms with Gasteiger partial charge in [-0.15, -0.1) is 0 Å². The number of aliphatic hydroxyl groups excluding tert-OH is 1. The summed E-state index contributed by atoms with van der Waals surface area (Å²) in [7, 11) is -4.76. The van der Waals surface area contributed by atoms with Crippen molar-refractivity contribution in [3.63, 3.8) is 0 Å². The number of phenols is 1. The van der Waals surface area contributed by atoms with Gasteiger partial charge < -0.3 is 37.2 Å². The quantitative estimate of drug-likeness (QED) is 0.0581. The highest BCUT2D eigenvalue weighted by molar-refractivity contribution is 9.10. The number of guanidine groups is 1. The van der Waals surface area contributed by atoms with Crippen molar-refractivity contribution in [1.82, 2.24) is 15.5 Å². The van der Waals surface area contributed by atoms with Gasteiger partial charge in [-0.25, -0.2) is 4.18 Å². The Hall–Kier alpha value is -2.70. The summed E-state index contributed by atoms with van der Waals surface area (Å²) in [5, 5.41) is 26.3. The maximum absolute atomic E-state index is 14.4. The minimum Gasteiger partial charge on any atom is -0.505 e. The van der Waals surface area contributed by atoms with E-state index >= 15 is 0 Å². The molecule has 1 aliphatic heterocycles. The Labute approximate surface area is 287 Å². The number of carbonyl (C=O) groups excluding carboxylic acids is 3. The zero-order valence-electron chi connectivity index (χ0n) is 26.3. The number of aliphatic imine (C=N–C) groups is 1. The molecule has 0 radical (unpaired) electrons. The number of fused-ring (bicyclic) bond motifs is 1. The SMILES string of the molecule is CC[C@H](C)[C@@H](NC(=O)[C@H](O)Cc1cc(Cl)c(O)c(Br)c1)C(=O)N1[C@H](C(=O)NCCCCN=C(N)N)C[C@@H]2CC[C@@H](OS(=O)(=O)O)C[C@@H]21. The van der Waals surface area contributed by atoms with Crippen LogP contribution in [0.4, 0.5) is 0 Å². The maximum Gasteiger partial charge on any atom is 0.397 e. The molecule has 1 aromatic rings. The number of nitrogens with zero attached hydrogens (tertiary/aromatic N) is 2. The lowest BCUT2D eigenvalue weighted by Gasteiger charge is -2.39. The number of hydrogen-bond donors (Lipinski definition) is 7. The number of halogens is 2. The highest BCUT2D eigenvalue weighted by atomic mass is 79.9. The first kappa shape index (κ1) is 38.7. The summed E-state index contributed by atoms with van der Waals surface area (Å²) < 4.78 is 37.4. The molecule has 1 aliphatic carbocycles. The third-order valence-corrected chi connectivity index (χ3v) is 10.1. The Bertz CT molecular complexity index is 1410. The first-order valence-electron chi connectivity index (χ1n) is 15.5. The van der Waals surface area contributed by atoms with Gasteiger partial charge >= 0.3 is 10.4 Å². The molecule has 0 unspecified atom stereocenters. The van der Waals surface area contributed by atoms with Crippen LogP contribution in [0.2, 0.25) is 5.02 Å². The molecule has 1 aromatic carbocycles. The Morgan fingerprint density at radius 1 is 1.21 bits per heavy atom. The van der Waals surface area contributed by atoms with Crippen molar-refractivity contribution in [1.29, 1.82) is 0 Å². The number of nitrogens with one attached hydrogen (secondary N) is 2. The number of benzene rings is 1. The normalized spacial score (nSPS) is 22.9. The Morgan fingerprint density at radius 3 is 2.53 bits per heavy atom. The van der Waals surface area contributed by atoms with Crippen molar-refractivity contribution in [3.8, 4) is 5.75 Å². The van der Waals surface area contributed by atoms with Crippen molar-refractivity contribution in [2.45, 2.75) is 95.5 Å². The van der Waals surface area contributed by atoms with E-state index in [2.05, 4.69) is 31.6 Å². The van der Waals surface area contributed by atoms with Crippen LogP contribution >= 0.6 is 27.5 Å². The molecular formula is C29H44BrClN6O9S. The van der Waals surface area contributed by atoms with E-state index in [1.54, 1.807) is 6.92 Å². The molecule has 18 heteroatoms. The molecule has 15 nitrogen and oxygen atoms in total. The minimum absolute atomic E-state index is 0.0265. The third kappa shape index (κ3) is 10.9. The van der Waals surface area contributed by atoms with Gasteiger partial charge in [-0.3, -0.25) is 23.9 Å². The lowest BCUT2D eigenvalue weighted by atomic mass is 9.83. The fourth-order valence-corrected chi connectivity index (χ4v) is 7.53. The molecule has 1 saturated heterocycles. The number of carbonyl (C=O) groups is 3. The number of hydrogen-bond acceptors (Lipinski definition) is 9. The fourth-order valence-electron chi connectivity index (χ4n) is 6.15. The molecular weight excluding hydrogens is 724 g/mol. The first-order chi connectivity index (χ1) is 22.0. The van der Waals surface area contributed by atoms with Gasteiger partial charge in [0.2, 0.25) is 17.7 Å². The van der Waals surface area contributed by atoms with E-state index in [1.807, 2.05) is 6.92 Å². The fraction of sp³-hybridized carbons (Fsp3) is 0.655. The van der Waals surface area contributed by atoms with Crippen molar-refractivity contribution in [2.75, 3.05) is 13.1 Å². The summed E-state index contributed by atoms with van der Waals surface area (Å²) in [6.45, 7) is 4.29. The summed E-state index contributed by atoms with van der Waals surface area (Å²) in [6, 6.07) is 0.277. The smallest absolute Gasteiger partial charge is 0.397 e. The number of aliphatic hydroxyl groups is 1. The van der Waals surface area contributed by atoms with Gasteiger partial charge in [0.05, 0.1) is 15.6 Å². The van der Waals surface area contributed by atoms with Gasteiger partial charge in [0, 0.05) is 25.6 Å². The number of amides is 3. The van der Waals surface area contributed by atoms with Crippen LogP contribution in [0, 0.1) is 11.8 Å². The molecule has 2 fully saturated rings. The average molecular weight is 768 g/mol. The summed E-state index contributed by atoms with van der Waals surface area (Å²) in [5.74, 6) is -2.55. The van der Waals surface area contributed by atoms with E-state index in [4.69, 9.17) is 27.3 Å². The zero-order chi connectivity index (χ0) is 35.1. The minimum atomic E-state index is -4.76. The lowest BCUT2D eigenvalue weighted by Crippen LogP contribution is -2.59. The number of aromatic hydroxyl groups is 1. The monoisotopic (exact) mass is 766 g/mol. The van der Waals surface area contributed by atoms with E-state index in [-0.39, 0.29) is 40.0 Å². The predicted octanol–water partition coefficient (Wildman–Crippen LogP) is 1.37. The van der Waals surface area contributed by atoms with Crippen molar-refractivity contribution >= 4 is 61.6 Å². The van der Waals surface area contributed by atoms with E-state index in [1.165, 1.54) is 17.0 Å². The van der Waals surface area contributed by atoms with Crippen LogP contribution in [0.25, 0.3) is 0 Å². The number of nitrogens with two attached hydrogens (primary N) is 2. The van der Waals surface area contributed by atoms with Gasteiger partial charge in [-0.05, 0) is 84.0 Å². The Kier molecular flexibility index (Phi) is 14.1. The van der Waals surface area contributed by atoms with Crippen molar-refractivity contribution in [2.24, 2.45) is 28.3 Å². The molecule has 264 valence electrons. The molecule has 2 aliphatic rings. The second-order valence-corrected chi connectivity index (χ2v) is 14.4. The Balaban J connectivity index is 1.83. The molecule has 1 saturated carbocycles. The van der Waals surface area contributed by atoms with Gasteiger partial charge in [-0.1, -0.05) is 31.9 Å². The highest BCUT2D eigenvalue weighted by Gasteiger charge is 2.51. The summed E-state index contributed by atoms with van der Waals surface area (Å²) >= 11 is 9.21. The van der Waals surface area contributed by atoms with Crippen molar-refractivity contribution in [3.05, 3.63) is 27.2 Å². The second-order valence-electron chi connectivity index (χ2n) is 12.1. The molecule has 0 bridgehead atoms. The van der Waals surface area contributed by atoms with Crippen molar-refractivity contribution < 1.29 is 41.8 Å². The van der Waals surface area contributed by atoms with E-state index in [0.717, 1.165) is 0 Å². The van der Waals surface area contributed by atoms with E-state index in [0.29, 0.717) is 57.2 Å². The third-order valence-electron chi connectivity index (χ3n) is 8.71. The molecule has 0 aromatic heterocycles. The second kappa shape index (κ2) is 17.1. The summed E-state index contributed by atoms with van der Waals surface area (Å²) in [5.41, 5.74) is 11.1. The largest absolute Gasteiger partial charge is 0.505 e. The van der Waals surface area contributed by atoms with Gasteiger partial charge in [0.15, 0.2) is 5.96 Å². The standard InChI is InChI=1S/C29H44BrClN6O9S/c1-3-15(2)24(36-27(41)23(38)12-16-10-19(30)25(39)20(31)11-16)28(42)37-21-14-18(46-47(43,44)45)7-6-17(21)13-22(37)26(40)34-8-4-5-9-35-29(32)33/h10-11,15,17-18,21-24,38-39H,3-9,12-14H2,1-2H3,(H,34,40)(H,36,41)(H4,32,33,35)(H,43,44,45)/t15-,17-,18+,21-,22-,23+,24+/m0/s1. The first-order valence-corrected chi connectivity index (χ1v) is 18.0. The van der Waals surface area contributed by atoms with E-state index in [9.17, 15) is 37.6 Å². The van der Waals surface area contributed by atoms with E-state index < -0.39 is 64.4 Å². The highest BCUT2D eigenvalue weighted by Crippen LogP contribution is 2.42. The topological polar surface area (TPSA) is 247 Å². The zero-order valence-corrected chi connectivity index (χ0v) is 29.4. The molecule has 1 heterocycles. The molecule has 0 spiro atoms. The molecule has 3 rings (SSSR count). The molecule has 47 heavy (non-hydrogen) atoms. The van der Waals surface area contributed by atoms with Crippen LogP contribution in [0.3, 0.4) is 0 Å². The van der Waals surface area contributed by atoms with Gasteiger partial charge in [0.1, 0.15) is 23.9 Å². The summed E-state index contributed by atoms with van der Waals surface area (Å²) in [6.07, 6.45) is 0.128. The number of rotatable bonds is 15. The predicted molar refractivity (Wildman–Crippen MR) is 178 cm³/mol. The van der Waals surface area contributed by atoms with Gasteiger partial charge in [0.25, 0.3) is 0 Å². The van der Waals surface area contributed by atoms with Crippen LogP contribution in [0.15, 0.2) is 21.6 Å². The molecule has 3 amide bonds. The van der Waals surface area contributed by atoms with Crippen LogP contribution in [0.5, 0.6) is 5.75 Å². The van der Waals surface area contributed by atoms with Crippen LogP contribution < -0.4 is 22.1 Å². The number of phenolic OH excluding ortho intramolecular Hbond substituents is 1. The molecule has 7 atom stereocenters. The number of likely N-dealkylation sites (tertiary alicyclic amines) is 1.